The summed E-state index contributed by atoms with van der Waals surface area (Å²) in [6, 6.07) is 0. The Morgan fingerprint density at radius 3 is 2.15 bits per heavy atom. The van der Waals surface area contributed by atoms with Crippen molar-refractivity contribution in [2.75, 3.05) is 19.3 Å². The van der Waals surface area contributed by atoms with Crippen molar-refractivity contribution in [3.63, 3.8) is 0 Å². The standard InChI is InChI=1S/C5H9NO2.CH4O3S/c7-5(8)4-1-2-6-3-4;1-5(2,3)4/h4,6H,1-3H2,(H,7,8);1H3,(H,2,3,4). The lowest BCUT2D eigenvalue weighted by Gasteiger charge is -1.96. The van der Waals surface area contributed by atoms with E-state index >= 15 is 0 Å². The van der Waals surface area contributed by atoms with Crippen LogP contribution >= 0.6 is 0 Å². The highest BCUT2D eigenvalue weighted by Gasteiger charge is 2.20. The SMILES string of the molecule is CS(=O)(=O)O.O=C(O)C1CCNC1. The quantitative estimate of drug-likeness (QED) is 0.490. The zero-order chi connectivity index (χ0) is 10.5. The van der Waals surface area contributed by atoms with E-state index in [1.165, 1.54) is 0 Å². The van der Waals surface area contributed by atoms with Gasteiger partial charge in [0.05, 0.1) is 12.2 Å². The number of rotatable bonds is 1. The number of carboxylic acid groups (broad SMARTS) is 1. The number of hydrogen-bond acceptors (Lipinski definition) is 4. The third kappa shape index (κ3) is 9.25. The fourth-order valence-electron chi connectivity index (χ4n) is 0.865. The summed E-state index contributed by atoms with van der Waals surface area (Å²) in [6.45, 7) is 1.51. The molecule has 0 aromatic carbocycles. The Bertz CT molecular complexity index is 246. The van der Waals surface area contributed by atoms with Crippen molar-refractivity contribution in [2.24, 2.45) is 5.92 Å². The average molecular weight is 211 g/mol. The second-order valence-corrected chi connectivity index (χ2v) is 4.23. The van der Waals surface area contributed by atoms with E-state index in [2.05, 4.69) is 5.32 Å². The Balaban J connectivity index is 0.000000252. The number of hydrogen-bond donors (Lipinski definition) is 3. The van der Waals surface area contributed by atoms with Crippen LogP contribution < -0.4 is 5.32 Å². The molecule has 0 aliphatic carbocycles. The first-order valence-corrected chi connectivity index (χ1v) is 5.51. The molecule has 1 aliphatic heterocycles. The van der Waals surface area contributed by atoms with Crippen LogP contribution in [-0.4, -0.2) is 43.4 Å². The van der Waals surface area contributed by atoms with Gasteiger partial charge in [0.1, 0.15) is 0 Å². The molecule has 0 aromatic heterocycles. The zero-order valence-corrected chi connectivity index (χ0v) is 8.04. The van der Waals surface area contributed by atoms with Crippen molar-refractivity contribution in [1.82, 2.24) is 5.32 Å². The predicted molar refractivity (Wildman–Crippen MR) is 46.1 cm³/mol. The van der Waals surface area contributed by atoms with E-state index < -0.39 is 16.1 Å². The summed E-state index contributed by atoms with van der Waals surface area (Å²) in [4.78, 5) is 10.2. The van der Waals surface area contributed by atoms with Gasteiger partial charge in [-0.2, -0.15) is 8.42 Å². The maximum atomic E-state index is 10.2. The number of nitrogens with one attached hydrogen (secondary N) is 1. The molecule has 6 nitrogen and oxygen atoms in total. The maximum Gasteiger partial charge on any atom is 0.307 e. The van der Waals surface area contributed by atoms with Crippen LogP contribution in [0.2, 0.25) is 0 Å². The lowest BCUT2D eigenvalue weighted by Crippen LogP contribution is -2.16. The largest absolute Gasteiger partial charge is 0.481 e. The number of aliphatic carboxylic acids is 1. The molecule has 1 heterocycles. The third-order valence-electron chi connectivity index (χ3n) is 1.41. The van der Waals surface area contributed by atoms with Crippen molar-refractivity contribution in [3.05, 3.63) is 0 Å². The molecule has 0 amide bonds. The summed E-state index contributed by atoms with van der Waals surface area (Å²) in [6.07, 6.45) is 1.50. The van der Waals surface area contributed by atoms with Crippen molar-refractivity contribution >= 4 is 16.1 Å². The zero-order valence-electron chi connectivity index (χ0n) is 7.23. The van der Waals surface area contributed by atoms with E-state index in [0.29, 0.717) is 12.8 Å². The minimum atomic E-state index is -3.67. The topological polar surface area (TPSA) is 104 Å². The molecule has 7 heteroatoms. The van der Waals surface area contributed by atoms with Gasteiger partial charge in [-0.1, -0.05) is 0 Å². The van der Waals surface area contributed by atoms with E-state index in [9.17, 15) is 13.2 Å². The first kappa shape index (κ1) is 12.3. The van der Waals surface area contributed by atoms with Gasteiger partial charge >= 0.3 is 5.97 Å². The van der Waals surface area contributed by atoms with E-state index in [4.69, 9.17) is 9.66 Å². The second kappa shape index (κ2) is 5.15. The summed E-state index contributed by atoms with van der Waals surface area (Å²) in [7, 11) is -3.67. The van der Waals surface area contributed by atoms with Gasteiger partial charge in [-0.3, -0.25) is 9.35 Å². The molecule has 1 aliphatic rings. The highest BCUT2D eigenvalue weighted by atomic mass is 32.2. The molecule has 78 valence electrons. The van der Waals surface area contributed by atoms with Gasteiger partial charge in [0.2, 0.25) is 0 Å². The Hall–Kier alpha value is -0.660. The lowest BCUT2D eigenvalue weighted by atomic mass is 10.1. The normalized spacial score (nSPS) is 21.8. The molecule has 1 atom stereocenters. The van der Waals surface area contributed by atoms with Crippen LogP contribution in [0.15, 0.2) is 0 Å². The molecular weight excluding hydrogens is 198 g/mol. The van der Waals surface area contributed by atoms with Crippen molar-refractivity contribution < 1.29 is 22.9 Å². The Morgan fingerprint density at radius 2 is 2.00 bits per heavy atom. The van der Waals surface area contributed by atoms with Crippen LogP contribution in [0.4, 0.5) is 0 Å². The van der Waals surface area contributed by atoms with Crippen molar-refractivity contribution in [1.29, 1.82) is 0 Å². The summed E-state index contributed by atoms with van der Waals surface area (Å²) < 4.78 is 25.9. The molecule has 0 radical (unpaired) electrons. The molecule has 0 spiro atoms. The average Bonchev–Trinajstić information content (AvgIpc) is 2.31. The minimum Gasteiger partial charge on any atom is -0.481 e. The molecule has 13 heavy (non-hydrogen) atoms. The predicted octanol–water partition coefficient (Wildman–Crippen LogP) is -0.815. The molecular formula is C6H13NO5S. The van der Waals surface area contributed by atoms with E-state index in [0.717, 1.165) is 13.0 Å². The smallest absolute Gasteiger partial charge is 0.307 e. The van der Waals surface area contributed by atoms with Crippen molar-refractivity contribution in [2.45, 2.75) is 6.42 Å². The van der Waals surface area contributed by atoms with Gasteiger partial charge in [0.15, 0.2) is 0 Å². The Labute approximate surface area is 76.7 Å². The fourth-order valence-corrected chi connectivity index (χ4v) is 0.865. The van der Waals surface area contributed by atoms with Crippen LogP contribution in [0.3, 0.4) is 0 Å². The highest BCUT2D eigenvalue weighted by molar-refractivity contribution is 7.85. The van der Waals surface area contributed by atoms with E-state index in [-0.39, 0.29) is 5.92 Å². The summed E-state index contributed by atoms with van der Waals surface area (Å²) >= 11 is 0. The third-order valence-corrected chi connectivity index (χ3v) is 1.41. The Morgan fingerprint density at radius 1 is 1.54 bits per heavy atom. The first-order chi connectivity index (χ1) is 5.80. The molecule has 1 saturated heterocycles. The summed E-state index contributed by atoms with van der Waals surface area (Å²) in [5.74, 6) is -0.801. The van der Waals surface area contributed by atoms with Crippen LogP contribution in [0.1, 0.15) is 6.42 Å². The summed E-state index contributed by atoms with van der Waals surface area (Å²) in [5, 5.41) is 11.3. The molecule has 1 unspecified atom stereocenters. The highest BCUT2D eigenvalue weighted by Crippen LogP contribution is 2.05. The van der Waals surface area contributed by atoms with Gasteiger partial charge in [0, 0.05) is 6.54 Å². The van der Waals surface area contributed by atoms with Gasteiger partial charge in [-0.15, -0.1) is 0 Å². The fraction of sp³-hybridized carbons (Fsp3) is 0.833. The number of carbonyl (C=O) groups is 1. The van der Waals surface area contributed by atoms with Crippen LogP contribution in [0, 0.1) is 5.92 Å². The van der Waals surface area contributed by atoms with Crippen LogP contribution in [0.5, 0.6) is 0 Å². The molecule has 3 N–H and O–H groups in total. The van der Waals surface area contributed by atoms with Crippen molar-refractivity contribution in [3.8, 4) is 0 Å². The van der Waals surface area contributed by atoms with Crippen LogP contribution in [0.25, 0.3) is 0 Å². The first-order valence-electron chi connectivity index (χ1n) is 3.66. The van der Waals surface area contributed by atoms with E-state index in [1.54, 1.807) is 0 Å². The molecule has 1 fully saturated rings. The summed E-state index contributed by atoms with van der Waals surface area (Å²) in [5.41, 5.74) is 0. The van der Waals surface area contributed by atoms with Crippen LogP contribution in [-0.2, 0) is 14.9 Å². The molecule has 0 bridgehead atoms. The van der Waals surface area contributed by atoms with Gasteiger partial charge in [-0.25, -0.2) is 0 Å². The molecule has 0 aromatic rings. The van der Waals surface area contributed by atoms with Gasteiger partial charge < -0.3 is 10.4 Å². The second-order valence-electron chi connectivity index (χ2n) is 2.76. The number of carboxylic acids is 1. The Kier molecular flexibility index (Phi) is 4.89. The molecule has 1 rings (SSSR count). The maximum absolute atomic E-state index is 10.2. The van der Waals surface area contributed by atoms with Gasteiger partial charge in [0.25, 0.3) is 10.1 Å². The monoisotopic (exact) mass is 211 g/mol. The lowest BCUT2D eigenvalue weighted by molar-refractivity contribution is -0.140. The van der Waals surface area contributed by atoms with Gasteiger partial charge in [-0.05, 0) is 13.0 Å². The molecule has 0 saturated carbocycles. The minimum absolute atomic E-state index is 0.130. The van der Waals surface area contributed by atoms with E-state index in [1.807, 2.05) is 0 Å².